The predicted octanol–water partition coefficient (Wildman–Crippen LogP) is 2.40. The summed E-state index contributed by atoms with van der Waals surface area (Å²) in [4.78, 5) is 35.9. The Morgan fingerprint density at radius 2 is 1.52 bits per heavy atom. The summed E-state index contributed by atoms with van der Waals surface area (Å²) < 4.78 is 9.79. The van der Waals surface area contributed by atoms with Crippen LogP contribution in [0.25, 0.3) is 0 Å². The lowest BCUT2D eigenvalue weighted by molar-refractivity contribution is -0.153. The molecule has 2 N–H and O–H groups in total. The van der Waals surface area contributed by atoms with Gasteiger partial charge in [-0.05, 0) is 17.5 Å². The molecule has 0 bridgehead atoms. The van der Waals surface area contributed by atoms with Crippen LogP contribution in [0.15, 0.2) is 60.7 Å². The number of amides is 1. The number of carbonyl (C=O) groups excluding carboxylic acids is 2. The first-order valence-electron chi connectivity index (χ1n) is 8.33. The quantitative estimate of drug-likeness (QED) is 0.691. The van der Waals surface area contributed by atoms with Gasteiger partial charge < -0.3 is 19.9 Å². The van der Waals surface area contributed by atoms with E-state index in [1.54, 1.807) is 48.5 Å². The fourth-order valence-electron chi connectivity index (χ4n) is 2.58. The van der Waals surface area contributed by atoms with E-state index in [0.29, 0.717) is 0 Å². The Morgan fingerprint density at radius 3 is 2.04 bits per heavy atom. The number of carboxylic acids is 1. The average Bonchev–Trinajstić information content (AvgIpc) is 2.69. The number of rotatable bonds is 8. The third-order valence-electron chi connectivity index (χ3n) is 3.96. The zero-order chi connectivity index (χ0) is 19.6. The molecule has 1 amide bonds. The molecule has 2 aromatic carbocycles. The minimum atomic E-state index is -1.49. The average molecular weight is 371 g/mol. The number of alkyl carbamates (subject to hydrolysis) is 1. The molecule has 0 saturated heterocycles. The molecule has 0 aliphatic carbocycles. The number of aliphatic carboxylic acids is 1. The molecule has 7 nitrogen and oxygen atoms in total. The smallest absolute Gasteiger partial charge is 0.408 e. The van der Waals surface area contributed by atoms with Crippen molar-refractivity contribution in [1.82, 2.24) is 5.32 Å². The Balaban J connectivity index is 2.07. The van der Waals surface area contributed by atoms with Gasteiger partial charge in [-0.25, -0.2) is 9.59 Å². The summed E-state index contributed by atoms with van der Waals surface area (Å²) in [7, 11) is 1.17. The zero-order valence-corrected chi connectivity index (χ0v) is 14.8. The molecular weight excluding hydrogens is 350 g/mol. The van der Waals surface area contributed by atoms with Crippen molar-refractivity contribution in [3.8, 4) is 0 Å². The van der Waals surface area contributed by atoms with Crippen molar-refractivity contribution in [2.24, 2.45) is 5.92 Å². The van der Waals surface area contributed by atoms with Crippen molar-refractivity contribution in [3.63, 3.8) is 0 Å². The van der Waals surface area contributed by atoms with Crippen molar-refractivity contribution in [2.75, 3.05) is 7.11 Å². The summed E-state index contributed by atoms with van der Waals surface area (Å²) in [6, 6.07) is 16.4. The SMILES string of the molecule is COC(=O)[C@H](Cc1ccccc1)[C@H](NC(=O)OCc1ccccc1)C(=O)O. The summed E-state index contributed by atoms with van der Waals surface area (Å²) in [5.41, 5.74) is 1.51. The molecule has 0 aromatic heterocycles. The first-order valence-corrected chi connectivity index (χ1v) is 8.33. The lowest BCUT2D eigenvalue weighted by atomic mass is 9.92. The molecule has 0 heterocycles. The summed E-state index contributed by atoms with van der Waals surface area (Å²) in [6.45, 7) is -0.0133. The Bertz CT molecular complexity index is 763. The Labute approximate surface area is 156 Å². The lowest BCUT2D eigenvalue weighted by Crippen LogP contribution is -2.49. The standard InChI is InChI=1S/C20H21NO6/c1-26-19(24)16(12-14-8-4-2-5-9-14)17(18(22)23)21-20(25)27-13-15-10-6-3-7-11-15/h2-11,16-17H,12-13H2,1H3,(H,21,25)(H,22,23)/t16-,17+/m1/s1. The molecular formula is C20H21NO6. The third kappa shape index (κ3) is 6.14. The normalized spacial score (nSPS) is 12.5. The van der Waals surface area contributed by atoms with Gasteiger partial charge in [-0.1, -0.05) is 60.7 Å². The van der Waals surface area contributed by atoms with Gasteiger partial charge >= 0.3 is 18.0 Å². The van der Waals surface area contributed by atoms with Crippen LogP contribution in [0.5, 0.6) is 0 Å². The highest BCUT2D eigenvalue weighted by molar-refractivity contribution is 5.87. The number of benzene rings is 2. The van der Waals surface area contributed by atoms with E-state index in [-0.39, 0.29) is 13.0 Å². The van der Waals surface area contributed by atoms with E-state index < -0.39 is 30.0 Å². The van der Waals surface area contributed by atoms with Crippen LogP contribution in [0.4, 0.5) is 4.79 Å². The summed E-state index contributed by atoms with van der Waals surface area (Å²) in [6.07, 6.45) is -0.822. The molecule has 0 aliphatic heterocycles. The molecule has 0 unspecified atom stereocenters. The van der Waals surface area contributed by atoms with Gasteiger partial charge in [-0.3, -0.25) is 4.79 Å². The van der Waals surface area contributed by atoms with Gasteiger partial charge in [0, 0.05) is 0 Å². The van der Waals surface area contributed by atoms with Crippen LogP contribution in [0.2, 0.25) is 0 Å². The molecule has 0 spiro atoms. The van der Waals surface area contributed by atoms with Crippen molar-refractivity contribution in [1.29, 1.82) is 0 Å². The molecule has 0 aliphatic rings. The zero-order valence-electron chi connectivity index (χ0n) is 14.8. The van der Waals surface area contributed by atoms with Gasteiger partial charge in [0.1, 0.15) is 12.6 Å². The molecule has 0 fully saturated rings. The number of hydrogen-bond acceptors (Lipinski definition) is 5. The number of hydrogen-bond donors (Lipinski definition) is 2. The van der Waals surface area contributed by atoms with Crippen LogP contribution >= 0.6 is 0 Å². The Morgan fingerprint density at radius 1 is 0.963 bits per heavy atom. The second-order valence-corrected chi connectivity index (χ2v) is 5.84. The molecule has 0 saturated carbocycles. The maximum absolute atomic E-state index is 12.1. The van der Waals surface area contributed by atoms with E-state index in [1.807, 2.05) is 12.1 Å². The topological polar surface area (TPSA) is 102 Å². The van der Waals surface area contributed by atoms with Crippen LogP contribution in [0.3, 0.4) is 0 Å². The van der Waals surface area contributed by atoms with Gasteiger partial charge in [0.05, 0.1) is 13.0 Å². The van der Waals surface area contributed by atoms with Crippen molar-refractivity contribution >= 4 is 18.0 Å². The summed E-state index contributed by atoms with van der Waals surface area (Å²) in [5.74, 6) is -3.17. The minimum Gasteiger partial charge on any atom is -0.480 e. The van der Waals surface area contributed by atoms with E-state index in [2.05, 4.69) is 5.32 Å². The highest BCUT2D eigenvalue weighted by Gasteiger charge is 2.36. The first-order chi connectivity index (χ1) is 13.0. The molecule has 2 aromatic rings. The van der Waals surface area contributed by atoms with Crippen LogP contribution in [-0.4, -0.2) is 36.3 Å². The highest BCUT2D eigenvalue weighted by atomic mass is 16.5. The van der Waals surface area contributed by atoms with E-state index in [1.165, 1.54) is 7.11 Å². The molecule has 7 heteroatoms. The summed E-state index contributed by atoms with van der Waals surface area (Å²) >= 11 is 0. The third-order valence-corrected chi connectivity index (χ3v) is 3.96. The van der Waals surface area contributed by atoms with Crippen molar-refractivity contribution < 1.29 is 29.0 Å². The van der Waals surface area contributed by atoms with Crippen LogP contribution in [-0.2, 0) is 32.1 Å². The van der Waals surface area contributed by atoms with E-state index in [0.717, 1.165) is 11.1 Å². The van der Waals surface area contributed by atoms with E-state index in [4.69, 9.17) is 9.47 Å². The number of nitrogens with one attached hydrogen (secondary N) is 1. The lowest BCUT2D eigenvalue weighted by Gasteiger charge is -2.22. The van der Waals surface area contributed by atoms with Gasteiger partial charge in [0.15, 0.2) is 0 Å². The monoisotopic (exact) mass is 371 g/mol. The summed E-state index contributed by atoms with van der Waals surface area (Å²) in [5, 5.41) is 11.8. The fraction of sp³-hybridized carbons (Fsp3) is 0.250. The fourth-order valence-corrected chi connectivity index (χ4v) is 2.58. The first kappa shape index (κ1) is 20.0. The molecule has 2 rings (SSSR count). The van der Waals surface area contributed by atoms with Gasteiger partial charge in [0.2, 0.25) is 0 Å². The van der Waals surface area contributed by atoms with E-state index >= 15 is 0 Å². The maximum atomic E-state index is 12.1. The van der Waals surface area contributed by atoms with Crippen molar-refractivity contribution in [3.05, 3.63) is 71.8 Å². The Kier molecular flexibility index (Phi) is 7.37. The number of carbonyl (C=O) groups is 3. The van der Waals surface area contributed by atoms with Gasteiger partial charge in [-0.15, -0.1) is 0 Å². The molecule has 27 heavy (non-hydrogen) atoms. The highest BCUT2D eigenvalue weighted by Crippen LogP contribution is 2.16. The maximum Gasteiger partial charge on any atom is 0.408 e. The number of methoxy groups -OCH3 is 1. The van der Waals surface area contributed by atoms with Crippen LogP contribution < -0.4 is 5.32 Å². The number of carboxylic acid groups (broad SMARTS) is 1. The molecule has 0 radical (unpaired) electrons. The van der Waals surface area contributed by atoms with Crippen LogP contribution in [0, 0.1) is 5.92 Å². The molecule has 2 atom stereocenters. The second kappa shape index (κ2) is 9.96. The van der Waals surface area contributed by atoms with Gasteiger partial charge in [-0.2, -0.15) is 0 Å². The van der Waals surface area contributed by atoms with Crippen molar-refractivity contribution in [2.45, 2.75) is 19.1 Å². The largest absolute Gasteiger partial charge is 0.480 e. The molecule has 142 valence electrons. The second-order valence-electron chi connectivity index (χ2n) is 5.84. The van der Waals surface area contributed by atoms with Crippen LogP contribution in [0.1, 0.15) is 11.1 Å². The number of ether oxygens (including phenoxy) is 2. The number of esters is 1. The minimum absolute atomic E-state index is 0.0133. The predicted molar refractivity (Wildman–Crippen MR) is 96.8 cm³/mol. The van der Waals surface area contributed by atoms with E-state index in [9.17, 15) is 19.5 Å². The van der Waals surface area contributed by atoms with Gasteiger partial charge in [0.25, 0.3) is 0 Å². The Hall–Kier alpha value is -3.35.